The number of nitro groups is 1. The van der Waals surface area contributed by atoms with Crippen LogP contribution >= 0.6 is 0 Å². The number of hydrogen-bond acceptors (Lipinski definition) is 6. The minimum absolute atomic E-state index is 0.0716. The molecule has 1 aromatic rings. The van der Waals surface area contributed by atoms with Crippen LogP contribution in [0.1, 0.15) is 24.8 Å². The summed E-state index contributed by atoms with van der Waals surface area (Å²) < 4.78 is 0. The molecule has 0 atom stereocenters. The third kappa shape index (κ3) is 3.92. The Morgan fingerprint density at radius 1 is 1.50 bits per heavy atom. The fraction of sp³-hybridized carbons (Fsp3) is 0.667. The predicted molar refractivity (Wildman–Crippen MR) is 85.2 cm³/mol. The van der Waals surface area contributed by atoms with E-state index in [0.29, 0.717) is 11.6 Å². The van der Waals surface area contributed by atoms with E-state index in [1.807, 2.05) is 0 Å². The van der Waals surface area contributed by atoms with Crippen molar-refractivity contribution in [2.45, 2.75) is 32.2 Å². The van der Waals surface area contributed by atoms with Crippen molar-refractivity contribution < 1.29 is 10.0 Å². The minimum atomic E-state index is -0.394. The first kappa shape index (κ1) is 16.6. The van der Waals surface area contributed by atoms with E-state index in [0.717, 1.165) is 44.7 Å². The average molecular weight is 308 g/mol. The highest BCUT2D eigenvalue weighted by atomic mass is 16.6. The molecule has 2 heterocycles. The van der Waals surface area contributed by atoms with Crippen molar-refractivity contribution in [1.29, 1.82) is 0 Å². The number of rotatable bonds is 6. The van der Waals surface area contributed by atoms with Crippen LogP contribution in [0.4, 0.5) is 11.5 Å². The zero-order chi connectivity index (χ0) is 16.1. The number of aromatic nitrogens is 1. The van der Waals surface area contributed by atoms with E-state index in [9.17, 15) is 10.1 Å². The van der Waals surface area contributed by atoms with E-state index in [4.69, 9.17) is 5.11 Å². The van der Waals surface area contributed by atoms with Gasteiger partial charge in [0.1, 0.15) is 12.0 Å². The highest BCUT2D eigenvalue weighted by Crippen LogP contribution is 2.24. The van der Waals surface area contributed by atoms with E-state index >= 15 is 0 Å². The molecule has 122 valence electrons. The van der Waals surface area contributed by atoms with Crippen molar-refractivity contribution in [3.8, 4) is 0 Å². The zero-order valence-electron chi connectivity index (χ0n) is 13.2. The van der Waals surface area contributed by atoms with Gasteiger partial charge >= 0.3 is 0 Å². The molecule has 0 spiro atoms. The summed E-state index contributed by atoms with van der Waals surface area (Å²) in [6.07, 6.45) is 4.24. The van der Waals surface area contributed by atoms with Crippen molar-refractivity contribution in [1.82, 2.24) is 9.88 Å². The van der Waals surface area contributed by atoms with Gasteiger partial charge in [-0.1, -0.05) is 0 Å². The Hall–Kier alpha value is -1.73. The number of anilines is 1. The van der Waals surface area contributed by atoms with Gasteiger partial charge in [-0.25, -0.2) is 4.98 Å². The molecule has 1 aliphatic rings. The maximum absolute atomic E-state index is 10.8. The lowest BCUT2D eigenvalue weighted by atomic mass is 10.0. The van der Waals surface area contributed by atoms with Crippen LogP contribution in [-0.2, 0) is 0 Å². The average Bonchev–Trinajstić information content (AvgIpc) is 2.52. The summed E-state index contributed by atoms with van der Waals surface area (Å²) in [5.41, 5.74) is 0.722. The van der Waals surface area contributed by atoms with Crippen molar-refractivity contribution in [3.05, 3.63) is 27.9 Å². The van der Waals surface area contributed by atoms with E-state index in [2.05, 4.69) is 21.8 Å². The quantitative estimate of drug-likeness (QED) is 0.634. The third-order valence-corrected chi connectivity index (χ3v) is 4.35. The lowest BCUT2D eigenvalue weighted by Crippen LogP contribution is -2.44. The second kappa shape index (κ2) is 7.51. The van der Waals surface area contributed by atoms with Crippen LogP contribution in [0.25, 0.3) is 0 Å². The zero-order valence-corrected chi connectivity index (χ0v) is 13.2. The molecule has 0 saturated carbocycles. The Morgan fingerprint density at radius 3 is 2.73 bits per heavy atom. The number of pyridine rings is 1. The Labute approximate surface area is 130 Å². The van der Waals surface area contributed by atoms with Crippen LogP contribution in [0.5, 0.6) is 0 Å². The van der Waals surface area contributed by atoms with Crippen LogP contribution in [0.15, 0.2) is 12.3 Å². The van der Waals surface area contributed by atoms with Gasteiger partial charge < -0.3 is 14.9 Å². The summed E-state index contributed by atoms with van der Waals surface area (Å²) in [5.74, 6) is 0.819. The summed E-state index contributed by atoms with van der Waals surface area (Å²) in [6.45, 7) is 4.70. The highest BCUT2D eigenvalue weighted by Gasteiger charge is 2.23. The number of aliphatic hydroxyl groups excluding tert-OH is 1. The minimum Gasteiger partial charge on any atom is -0.396 e. The van der Waals surface area contributed by atoms with Gasteiger partial charge in [0, 0.05) is 37.8 Å². The molecule has 0 aliphatic carbocycles. The molecular weight excluding hydrogens is 284 g/mol. The smallest absolute Gasteiger partial charge is 0.290 e. The van der Waals surface area contributed by atoms with Gasteiger partial charge in [-0.15, -0.1) is 0 Å². The molecule has 7 heteroatoms. The first-order chi connectivity index (χ1) is 10.5. The molecule has 1 saturated heterocycles. The summed E-state index contributed by atoms with van der Waals surface area (Å²) >= 11 is 0. The fourth-order valence-corrected chi connectivity index (χ4v) is 2.94. The summed E-state index contributed by atoms with van der Waals surface area (Å²) in [6, 6.07) is 2.33. The number of piperidine rings is 1. The third-order valence-electron chi connectivity index (χ3n) is 4.35. The van der Waals surface area contributed by atoms with E-state index in [1.165, 1.54) is 6.20 Å². The molecule has 7 nitrogen and oxygen atoms in total. The number of nitrogens with zero attached hydrogens (tertiary/aromatic N) is 4. The molecule has 0 amide bonds. The van der Waals surface area contributed by atoms with Crippen molar-refractivity contribution in [2.75, 3.05) is 38.2 Å². The second-order valence-electron chi connectivity index (χ2n) is 5.86. The Kier molecular flexibility index (Phi) is 5.68. The molecule has 1 aromatic heterocycles. The Balaban J connectivity index is 1.94. The number of hydrogen-bond donors (Lipinski definition) is 1. The summed E-state index contributed by atoms with van der Waals surface area (Å²) in [5, 5.41) is 19.7. The standard InChI is InChI=1S/C15H24N4O3/c1-12-10-15(16-11-14(12)19(21)22)18-7-4-13(5-8-18)17(2)6-3-9-20/h10-11,13,20H,3-9H2,1-2H3. The molecular formula is C15H24N4O3. The van der Waals surface area contributed by atoms with Gasteiger partial charge in [0.2, 0.25) is 0 Å². The summed E-state index contributed by atoms with van der Waals surface area (Å²) in [4.78, 5) is 19.2. The first-order valence-electron chi connectivity index (χ1n) is 7.70. The predicted octanol–water partition coefficient (Wildman–Crippen LogP) is 1.58. The first-order valence-corrected chi connectivity index (χ1v) is 7.70. The van der Waals surface area contributed by atoms with Crippen LogP contribution < -0.4 is 4.90 Å². The van der Waals surface area contributed by atoms with Gasteiger partial charge in [0.25, 0.3) is 5.69 Å². The Bertz CT molecular complexity index is 516. The van der Waals surface area contributed by atoms with E-state index < -0.39 is 4.92 Å². The van der Waals surface area contributed by atoms with Crippen molar-refractivity contribution >= 4 is 11.5 Å². The van der Waals surface area contributed by atoms with Crippen molar-refractivity contribution in [3.63, 3.8) is 0 Å². The van der Waals surface area contributed by atoms with Gasteiger partial charge in [-0.05, 0) is 39.3 Å². The van der Waals surface area contributed by atoms with E-state index in [1.54, 1.807) is 13.0 Å². The second-order valence-corrected chi connectivity index (χ2v) is 5.86. The molecule has 1 N–H and O–H groups in total. The van der Waals surface area contributed by atoms with Gasteiger partial charge in [-0.3, -0.25) is 10.1 Å². The molecule has 0 bridgehead atoms. The van der Waals surface area contributed by atoms with Gasteiger partial charge in [0.15, 0.2) is 0 Å². The van der Waals surface area contributed by atoms with Crippen LogP contribution in [-0.4, -0.2) is 59.2 Å². The number of aliphatic hydroxyl groups is 1. The monoisotopic (exact) mass is 308 g/mol. The molecule has 0 radical (unpaired) electrons. The van der Waals surface area contributed by atoms with Gasteiger partial charge in [-0.2, -0.15) is 0 Å². The Morgan fingerprint density at radius 2 is 2.18 bits per heavy atom. The molecule has 1 aliphatic heterocycles. The molecule has 0 unspecified atom stereocenters. The maximum Gasteiger partial charge on any atom is 0.290 e. The van der Waals surface area contributed by atoms with Crippen LogP contribution in [0.2, 0.25) is 0 Å². The highest BCUT2D eigenvalue weighted by molar-refractivity contribution is 5.48. The molecule has 22 heavy (non-hydrogen) atoms. The summed E-state index contributed by atoms with van der Waals surface area (Å²) in [7, 11) is 2.10. The topological polar surface area (TPSA) is 82.7 Å². The van der Waals surface area contributed by atoms with Gasteiger partial charge in [0.05, 0.1) is 4.92 Å². The lowest BCUT2D eigenvalue weighted by Gasteiger charge is -2.37. The number of aryl methyl sites for hydroxylation is 1. The van der Waals surface area contributed by atoms with Crippen LogP contribution in [0.3, 0.4) is 0 Å². The largest absolute Gasteiger partial charge is 0.396 e. The maximum atomic E-state index is 10.8. The van der Waals surface area contributed by atoms with Crippen molar-refractivity contribution in [2.24, 2.45) is 0 Å². The molecule has 1 fully saturated rings. The normalized spacial score (nSPS) is 16.3. The SMILES string of the molecule is Cc1cc(N2CCC(N(C)CCCO)CC2)ncc1[N+](=O)[O-]. The molecule has 2 rings (SSSR count). The molecule has 0 aromatic carbocycles. The fourth-order valence-electron chi connectivity index (χ4n) is 2.94. The van der Waals surface area contributed by atoms with Crippen LogP contribution in [0, 0.1) is 17.0 Å². The lowest BCUT2D eigenvalue weighted by molar-refractivity contribution is -0.385. The van der Waals surface area contributed by atoms with E-state index in [-0.39, 0.29) is 12.3 Å².